The van der Waals surface area contributed by atoms with Gasteiger partial charge in [0.15, 0.2) is 0 Å². The number of hydrogen-bond donors (Lipinski definition) is 0. The normalized spacial score (nSPS) is 6.67. The van der Waals surface area contributed by atoms with Crippen LogP contribution in [0.2, 0.25) is 0 Å². The SMILES string of the molecule is [Rh].c1cnoc1. The quantitative estimate of drug-likeness (QED) is 0.537. The van der Waals surface area contributed by atoms with Gasteiger partial charge in [0.05, 0.1) is 6.20 Å². The monoisotopic (exact) mass is 172 g/mol. The Morgan fingerprint density at radius 1 is 1.50 bits per heavy atom. The Hall–Kier alpha value is -0.167. The maximum absolute atomic E-state index is 4.33. The Morgan fingerprint density at radius 3 is 2.50 bits per heavy atom. The number of rotatable bonds is 0. The average molecular weight is 172 g/mol. The van der Waals surface area contributed by atoms with Gasteiger partial charge in [-0.3, -0.25) is 0 Å². The third-order valence-electron chi connectivity index (χ3n) is 0.347. The van der Waals surface area contributed by atoms with E-state index in [9.17, 15) is 0 Å². The molecule has 0 aliphatic heterocycles. The smallest absolute Gasteiger partial charge is 0.123 e. The molecule has 0 N–H and O–H groups in total. The molecule has 0 aromatic carbocycles. The average Bonchev–Trinajstić information content (AvgIpc) is 1.76. The van der Waals surface area contributed by atoms with Crippen LogP contribution in [0, 0.1) is 0 Å². The summed E-state index contributed by atoms with van der Waals surface area (Å²) in [5, 5.41) is 3.35. The maximum Gasteiger partial charge on any atom is 0.123 e. The van der Waals surface area contributed by atoms with E-state index in [4.69, 9.17) is 0 Å². The van der Waals surface area contributed by atoms with Crippen LogP contribution in [0.1, 0.15) is 0 Å². The second kappa shape index (κ2) is 3.04. The Labute approximate surface area is 48.3 Å². The zero-order chi connectivity index (χ0) is 3.54. The van der Waals surface area contributed by atoms with E-state index in [1.807, 2.05) is 0 Å². The first-order chi connectivity index (χ1) is 2.50. The Bertz CT molecular complexity index is 67.3. The summed E-state index contributed by atoms with van der Waals surface area (Å²) in [6, 6.07) is 1.72. The van der Waals surface area contributed by atoms with Crippen molar-refractivity contribution in [1.82, 2.24) is 5.16 Å². The molecule has 0 atom stereocenters. The molecule has 0 amide bonds. The summed E-state index contributed by atoms with van der Waals surface area (Å²) in [7, 11) is 0. The molecule has 0 saturated heterocycles. The molecule has 0 fully saturated rings. The fourth-order valence-corrected chi connectivity index (χ4v) is 0.176. The summed E-state index contributed by atoms with van der Waals surface area (Å²) in [6.45, 7) is 0. The fraction of sp³-hybridized carbons (Fsp3) is 0. The van der Waals surface area contributed by atoms with E-state index in [-0.39, 0.29) is 19.5 Å². The largest absolute Gasteiger partial charge is 0.365 e. The van der Waals surface area contributed by atoms with Gasteiger partial charge in [-0.2, -0.15) is 0 Å². The molecule has 3 heteroatoms. The van der Waals surface area contributed by atoms with Crippen LogP contribution < -0.4 is 0 Å². The zero-order valence-corrected chi connectivity index (χ0v) is 4.56. The predicted molar refractivity (Wildman–Crippen MR) is 16.5 cm³/mol. The van der Waals surface area contributed by atoms with E-state index in [0.29, 0.717) is 0 Å². The van der Waals surface area contributed by atoms with Gasteiger partial charge in [0.25, 0.3) is 0 Å². The van der Waals surface area contributed by atoms with Gasteiger partial charge < -0.3 is 4.52 Å². The zero-order valence-electron chi connectivity index (χ0n) is 2.92. The van der Waals surface area contributed by atoms with Crippen molar-refractivity contribution in [1.29, 1.82) is 0 Å². The van der Waals surface area contributed by atoms with Crippen LogP contribution in [0.25, 0.3) is 0 Å². The van der Waals surface area contributed by atoms with Crippen LogP contribution in [-0.4, -0.2) is 5.16 Å². The van der Waals surface area contributed by atoms with Gasteiger partial charge in [0.1, 0.15) is 6.26 Å². The molecule has 0 unspecified atom stereocenters. The van der Waals surface area contributed by atoms with Crippen molar-refractivity contribution in [3.63, 3.8) is 0 Å². The summed E-state index contributed by atoms with van der Waals surface area (Å²) in [4.78, 5) is 0. The standard InChI is InChI=1S/C3H3NO.Rh/c1-2-4-5-3-1;/h1-3H;. The molecule has 2 nitrogen and oxygen atoms in total. The Balaban J connectivity index is 0.000000250. The molecule has 0 spiro atoms. The van der Waals surface area contributed by atoms with Crippen LogP contribution in [0.4, 0.5) is 0 Å². The molecule has 1 heterocycles. The minimum absolute atomic E-state index is 0. The molecule has 0 aliphatic rings. The Kier molecular flexibility index (Phi) is 2.96. The predicted octanol–water partition coefficient (Wildman–Crippen LogP) is 0.672. The van der Waals surface area contributed by atoms with Crippen molar-refractivity contribution in [2.24, 2.45) is 0 Å². The topological polar surface area (TPSA) is 26.0 Å². The molecule has 35 valence electrons. The van der Waals surface area contributed by atoms with Gasteiger partial charge in [0, 0.05) is 19.5 Å². The van der Waals surface area contributed by atoms with Crippen molar-refractivity contribution >= 4 is 0 Å². The molecule has 1 radical (unpaired) electrons. The van der Waals surface area contributed by atoms with Gasteiger partial charge >= 0.3 is 0 Å². The van der Waals surface area contributed by atoms with Gasteiger partial charge in [-0.15, -0.1) is 0 Å². The van der Waals surface area contributed by atoms with Gasteiger partial charge in [-0.25, -0.2) is 0 Å². The maximum atomic E-state index is 4.33. The van der Waals surface area contributed by atoms with E-state index in [0.717, 1.165) is 0 Å². The molecule has 1 rings (SSSR count). The molecule has 0 saturated carbocycles. The third-order valence-corrected chi connectivity index (χ3v) is 0.347. The van der Waals surface area contributed by atoms with Crippen LogP contribution in [-0.2, 0) is 19.5 Å². The van der Waals surface area contributed by atoms with Gasteiger partial charge in [-0.1, -0.05) is 5.16 Å². The third kappa shape index (κ3) is 1.32. The first-order valence-electron chi connectivity index (χ1n) is 1.34. The van der Waals surface area contributed by atoms with Crippen molar-refractivity contribution in [2.75, 3.05) is 0 Å². The van der Waals surface area contributed by atoms with Crippen LogP contribution >= 0.6 is 0 Å². The molecule has 0 bridgehead atoms. The summed E-state index contributed by atoms with van der Waals surface area (Å²) in [5.41, 5.74) is 0. The van der Waals surface area contributed by atoms with Crippen molar-refractivity contribution < 1.29 is 24.0 Å². The summed E-state index contributed by atoms with van der Waals surface area (Å²) in [5.74, 6) is 0. The fourth-order valence-electron chi connectivity index (χ4n) is 0.176. The number of nitrogens with zero attached hydrogens (tertiary/aromatic N) is 1. The summed E-state index contributed by atoms with van der Waals surface area (Å²) in [6.07, 6.45) is 3.10. The minimum Gasteiger partial charge on any atom is -0.365 e. The van der Waals surface area contributed by atoms with E-state index >= 15 is 0 Å². The molecule has 1 aromatic heterocycles. The molecular weight excluding hydrogens is 169 g/mol. The molecule has 1 aromatic rings. The molecular formula is C3H3NORh. The first kappa shape index (κ1) is 5.83. The van der Waals surface area contributed by atoms with E-state index < -0.39 is 0 Å². The van der Waals surface area contributed by atoms with Crippen LogP contribution in [0.15, 0.2) is 23.0 Å². The Morgan fingerprint density at radius 2 is 2.33 bits per heavy atom. The first-order valence-corrected chi connectivity index (χ1v) is 1.34. The van der Waals surface area contributed by atoms with Gasteiger partial charge in [0.2, 0.25) is 0 Å². The summed E-state index contributed by atoms with van der Waals surface area (Å²) >= 11 is 0. The van der Waals surface area contributed by atoms with E-state index in [2.05, 4.69) is 9.68 Å². The second-order valence-corrected chi connectivity index (χ2v) is 0.688. The number of aromatic nitrogens is 1. The van der Waals surface area contributed by atoms with Crippen LogP contribution in [0.3, 0.4) is 0 Å². The minimum atomic E-state index is 0. The molecule has 0 aliphatic carbocycles. The van der Waals surface area contributed by atoms with Crippen molar-refractivity contribution in [3.05, 3.63) is 18.5 Å². The van der Waals surface area contributed by atoms with E-state index in [1.54, 1.807) is 12.3 Å². The van der Waals surface area contributed by atoms with Crippen molar-refractivity contribution in [3.8, 4) is 0 Å². The molecule has 6 heavy (non-hydrogen) atoms. The van der Waals surface area contributed by atoms with Crippen molar-refractivity contribution in [2.45, 2.75) is 0 Å². The van der Waals surface area contributed by atoms with E-state index in [1.165, 1.54) is 6.26 Å². The summed E-state index contributed by atoms with van der Waals surface area (Å²) < 4.78 is 4.33. The van der Waals surface area contributed by atoms with Gasteiger partial charge in [-0.05, 0) is 6.07 Å². The number of hydrogen-bond acceptors (Lipinski definition) is 2. The second-order valence-electron chi connectivity index (χ2n) is 0.688. The van der Waals surface area contributed by atoms with Crippen LogP contribution in [0.5, 0.6) is 0 Å².